The van der Waals surface area contributed by atoms with E-state index in [4.69, 9.17) is 14.2 Å². The molecule has 5 atom stereocenters. The van der Waals surface area contributed by atoms with Crippen LogP contribution in [-0.2, 0) is 9.53 Å². The highest BCUT2D eigenvalue weighted by Crippen LogP contribution is 2.71. The zero-order chi connectivity index (χ0) is 19.4. The summed E-state index contributed by atoms with van der Waals surface area (Å²) in [6, 6.07) is 6.08. The zero-order valence-electron chi connectivity index (χ0n) is 17.0. The molecular weight excluding hydrogens is 342 g/mol. The Morgan fingerprint density at radius 3 is 2.48 bits per heavy atom. The Bertz CT molecular complexity index is 724. The fourth-order valence-electron chi connectivity index (χ4n) is 6.44. The van der Waals surface area contributed by atoms with E-state index in [9.17, 15) is 4.79 Å². The van der Waals surface area contributed by atoms with Gasteiger partial charge in [0.15, 0.2) is 0 Å². The first-order valence-electron chi connectivity index (χ1n) is 9.94. The Kier molecular flexibility index (Phi) is 4.41. The van der Waals surface area contributed by atoms with Gasteiger partial charge in [-0.3, -0.25) is 4.79 Å². The molecule has 27 heavy (non-hydrogen) atoms. The third kappa shape index (κ3) is 2.58. The number of carbonyl (C=O) groups is 1. The highest BCUT2D eigenvalue weighted by Gasteiger charge is 2.68. The van der Waals surface area contributed by atoms with E-state index in [-0.39, 0.29) is 28.9 Å². The number of nitrogens with one attached hydrogen (secondary N) is 1. The molecule has 148 valence electrons. The van der Waals surface area contributed by atoms with Gasteiger partial charge in [-0.2, -0.15) is 0 Å². The van der Waals surface area contributed by atoms with Crippen molar-refractivity contribution in [3.05, 3.63) is 23.8 Å². The van der Waals surface area contributed by atoms with Gasteiger partial charge in [-0.15, -0.1) is 0 Å². The monoisotopic (exact) mass is 373 g/mol. The smallest absolute Gasteiger partial charge is 0.217 e. The van der Waals surface area contributed by atoms with Gasteiger partial charge >= 0.3 is 0 Å². The van der Waals surface area contributed by atoms with E-state index < -0.39 is 0 Å². The molecule has 1 amide bonds. The van der Waals surface area contributed by atoms with Crippen LogP contribution in [0.5, 0.6) is 11.5 Å². The van der Waals surface area contributed by atoms with Crippen LogP contribution in [0.25, 0.3) is 0 Å². The average Bonchev–Trinajstić information content (AvgIpc) is 3.13. The lowest BCUT2D eigenvalue weighted by atomic mass is 9.58. The van der Waals surface area contributed by atoms with Gasteiger partial charge in [-0.25, -0.2) is 0 Å². The van der Waals surface area contributed by atoms with Crippen molar-refractivity contribution in [2.45, 2.75) is 52.2 Å². The third-order valence-corrected chi connectivity index (χ3v) is 7.60. The van der Waals surface area contributed by atoms with E-state index in [1.165, 1.54) is 0 Å². The molecule has 4 rings (SSSR count). The van der Waals surface area contributed by atoms with Crippen molar-refractivity contribution in [1.29, 1.82) is 0 Å². The summed E-state index contributed by atoms with van der Waals surface area (Å²) in [5, 5.41) is 3.33. The summed E-state index contributed by atoms with van der Waals surface area (Å²) in [5.74, 6) is 2.63. The van der Waals surface area contributed by atoms with E-state index in [2.05, 4.69) is 19.2 Å². The Hall–Kier alpha value is -1.75. The summed E-state index contributed by atoms with van der Waals surface area (Å²) in [7, 11) is 3.39. The molecule has 1 spiro atoms. The number of benzene rings is 1. The van der Waals surface area contributed by atoms with Crippen LogP contribution >= 0.6 is 0 Å². The van der Waals surface area contributed by atoms with E-state index in [1.807, 2.05) is 18.2 Å². The number of hydrogen-bond acceptors (Lipinski definition) is 4. The number of carbonyl (C=O) groups excluding carboxylic acids is 1. The molecule has 3 fully saturated rings. The minimum absolute atomic E-state index is 0.0617. The molecule has 1 aromatic carbocycles. The topological polar surface area (TPSA) is 56.8 Å². The quantitative estimate of drug-likeness (QED) is 0.874. The number of hydrogen-bond donors (Lipinski definition) is 1. The van der Waals surface area contributed by atoms with Crippen LogP contribution in [-0.4, -0.2) is 32.8 Å². The first-order chi connectivity index (χ1) is 12.8. The fraction of sp³-hybridized carbons (Fsp3) is 0.682. The molecule has 2 saturated carbocycles. The first kappa shape index (κ1) is 18.6. The Morgan fingerprint density at radius 1 is 1.22 bits per heavy atom. The molecule has 1 N–H and O–H groups in total. The van der Waals surface area contributed by atoms with Crippen LogP contribution in [0.4, 0.5) is 0 Å². The molecule has 2 bridgehead atoms. The molecule has 0 radical (unpaired) electrons. The predicted molar refractivity (Wildman–Crippen MR) is 103 cm³/mol. The van der Waals surface area contributed by atoms with Crippen molar-refractivity contribution in [3.8, 4) is 11.5 Å². The molecule has 3 aliphatic rings. The lowest BCUT2D eigenvalue weighted by molar-refractivity contribution is -0.136. The fourth-order valence-corrected chi connectivity index (χ4v) is 6.44. The summed E-state index contributed by atoms with van der Waals surface area (Å²) >= 11 is 0. The minimum Gasteiger partial charge on any atom is -0.496 e. The first-order valence-corrected chi connectivity index (χ1v) is 9.94. The van der Waals surface area contributed by atoms with Crippen LogP contribution in [0.1, 0.15) is 51.7 Å². The molecule has 1 aromatic rings. The molecule has 0 unspecified atom stereocenters. The SMILES string of the molecule is COc1cccc(OC)c1[C@H]1OCC[C@@]23C[C@@H](C[C@H]12)C(C)(C)[C@@H]3NC(C)=O. The highest BCUT2D eigenvalue weighted by molar-refractivity contribution is 5.73. The van der Waals surface area contributed by atoms with Crippen LogP contribution in [0, 0.1) is 22.7 Å². The summed E-state index contributed by atoms with van der Waals surface area (Å²) in [6.45, 7) is 6.96. The molecule has 1 heterocycles. The van der Waals surface area contributed by atoms with Gasteiger partial charge in [0.25, 0.3) is 0 Å². The normalized spacial score (nSPS) is 36.2. The molecule has 5 heteroatoms. The second-order valence-electron chi connectivity index (χ2n) is 9.05. The van der Waals surface area contributed by atoms with Crippen molar-refractivity contribution in [3.63, 3.8) is 0 Å². The number of ether oxygens (including phenoxy) is 3. The van der Waals surface area contributed by atoms with E-state index in [1.54, 1.807) is 21.1 Å². The van der Waals surface area contributed by atoms with E-state index >= 15 is 0 Å². The van der Waals surface area contributed by atoms with Crippen molar-refractivity contribution < 1.29 is 19.0 Å². The summed E-state index contributed by atoms with van der Waals surface area (Å²) in [4.78, 5) is 12.0. The summed E-state index contributed by atoms with van der Waals surface area (Å²) < 4.78 is 17.7. The standard InChI is InChI=1S/C22H31NO4/c1-13(24)23-20-21(2,3)14-11-15-19(27-10-9-22(15,20)12-14)18-16(25-4)7-6-8-17(18)26-5/h6-8,14-15,19-20H,9-12H2,1-5H3,(H,23,24)/t14-,15-,19+,20+,22-/m1/s1. The lowest BCUT2D eigenvalue weighted by Gasteiger charge is -2.53. The largest absolute Gasteiger partial charge is 0.496 e. The number of amides is 1. The Morgan fingerprint density at radius 2 is 1.89 bits per heavy atom. The molecule has 0 aromatic heterocycles. The maximum Gasteiger partial charge on any atom is 0.217 e. The molecule has 5 nitrogen and oxygen atoms in total. The van der Waals surface area contributed by atoms with Crippen LogP contribution in [0.15, 0.2) is 18.2 Å². The maximum absolute atomic E-state index is 12.0. The molecule has 1 saturated heterocycles. The van der Waals surface area contributed by atoms with Crippen molar-refractivity contribution in [1.82, 2.24) is 5.32 Å². The lowest BCUT2D eigenvalue weighted by Crippen LogP contribution is -2.58. The third-order valence-electron chi connectivity index (χ3n) is 7.60. The molecule has 1 aliphatic heterocycles. The average molecular weight is 373 g/mol. The van der Waals surface area contributed by atoms with E-state index in [0.29, 0.717) is 18.4 Å². The van der Waals surface area contributed by atoms with Gasteiger partial charge in [-0.1, -0.05) is 19.9 Å². The van der Waals surface area contributed by atoms with Crippen molar-refractivity contribution in [2.24, 2.45) is 22.7 Å². The van der Waals surface area contributed by atoms with Gasteiger partial charge in [0, 0.05) is 19.6 Å². The van der Waals surface area contributed by atoms with E-state index in [0.717, 1.165) is 36.3 Å². The van der Waals surface area contributed by atoms with Crippen molar-refractivity contribution >= 4 is 5.91 Å². The molecule has 2 aliphatic carbocycles. The van der Waals surface area contributed by atoms with Gasteiger partial charge in [0.1, 0.15) is 11.5 Å². The highest BCUT2D eigenvalue weighted by atomic mass is 16.5. The number of rotatable bonds is 4. The second-order valence-corrected chi connectivity index (χ2v) is 9.05. The Labute approximate surface area is 161 Å². The maximum atomic E-state index is 12.0. The zero-order valence-corrected chi connectivity index (χ0v) is 17.0. The summed E-state index contributed by atoms with van der Waals surface area (Å²) in [5.41, 5.74) is 1.20. The second kappa shape index (κ2) is 6.40. The van der Waals surface area contributed by atoms with Gasteiger partial charge in [-0.05, 0) is 54.1 Å². The summed E-state index contributed by atoms with van der Waals surface area (Å²) in [6.07, 6.45) is 3.21. The molecular formula is C22H31NO4. The number of methoxy groups -OCH3 is 2. The van der Waals surface area contributed by atoms with Gasteiger partial charge in [0.2, 0.25) is 5.91 Å². The van der Waals surface area contributed by atoms with Crippen LogP contribution in [0.3, 0.4) is 0 Å². The minimum atomic E-state index is -0.0674. The van der Waals surface area contributed by atoms with Gasteiger partial charge in [0.05, 0.1) is 25.9 Å². The van der Waals surface area contributed by atoms with Gasteiger partial charge < -0.3 is 19.5 Å². The van der Waals surface area contributed by atoms with Crippen LogP contribution < -0.4 is 14.8 Å². The van der Waals surface area contributed by atoms with Crippen LogP contribution in [0.2, 0.25) is 0 Å². The van der Waals surface area contributed by atoms with Crippen molar-refractivity contribution in [2.75, 3.05) is 20.8 Å². The Balaban J connectivity index is 1.78. The predicted octanol–water partition coefficient (Wildman–Crippen LogP) is 3.72. The number of fused-ring (bicyclic) bond motifs is 1.